The molecule has 7 atom stereocenters. The third kappa shape index (κ3) is 69.3. The first kappa shape index (κ1) is 95.5. The lowest BCUT2D eigenvalue weighted by molar-refractivity contribution is -0.161. The van der Waals surface area contributed by atoms with E-state index in [0.29, 0.717) is 25.7 Å². The van der Waals surface area contributed by atoms with Gasteiger partial charge in [-0.2, -0.15) is 0 Å². The molecule has 19 heteroatoms. The molecule has 0 heterocycles. The first-order chi connectivity index (χ1) is 47.4. The number of rotatable bonds is 76. The minimum atomic E-state index is -4.97. The first-order valence-electron chi connectivity index (χ1n) is 40.4. The molecule has 0 spiro atoms. The first-order valence-corrected chi connectivity index (χ1v) is 43.4. The number of aliphatic hydroxyl groups excluding tert-OH is 1. The Balaban J connectivity index is 5.23. The van der Waals surface area contributed by atoms with Crippen molar-refractivity contribution in [2.75, 3.05) is 39.6 Å². The Labute approximate surface area is 599 Å². The van der Waals surface area contributed by atoms with Crippen molar-refractivity contribution >= 4 is 39.5 Å². The van der Waals surface area contributed by atoms with Crippen molar-refractivity contribution in [2.45, 2.75) is 407 Å². The minimum absolute atomic E-state index is 0.101. The van der Waals surface area contributed by atoms with E-state index < -0.39 is 97.5 Å². The van der Waals surface area contributed by atoms with Crippen LogP contribution in [-0.2, 0) is 65.4 Å². The van der Waals surface area contributed by atoms with E-state index in [4.69, 9.17) is 37.0 Å². The highest BCUT2D eigenvalue weighted by Crippen LogP contribution is 2.45. The third-order valence-corrected chi connectivity index (χ3v) is 20.5. The van der Waals surface area contributed by atoms with Gasteiger partial charge in [0.1, 0.15) is 19.3 Å². The molecular weight excluding hydrogens is 1280 g/mol. The second-order valence-electron chi connectivity index (χ2n) is 28.3. The van der Waals surface area contributed by atoms with Gasteiger partial charge >= 0.3 is 39.5 Å². The molecule has 0 aromatic rings. The van der Waals surface area contributed by atoms with Crippen molar-refractivity contribution < 1.29 is 80.2 Å². The Morgan fingerprint density at radius 2 is 0.571 bits per heavy atom. The molecule has 0 aliphatic rings. The van der Waals surface area contributed by atoms with Crippen LogP contribution in [0.15, 0.2) is 24.3 Å². The molecule has 0 aromatic heterocycles. The van der Waals surface area contributed by atoms with Gasteiger partial charge in [0.2, 0.25) is 0 Å². The van der Waals surface area contributed by atoms with E-state index in [1.807, 2.05) is 0 Å². The summed E-state index contributed by atoms with van der Waals surface area (Å²) < 4.78 is 68.5. The lowest BCUT2D eigenvalue weighted by Gasteiger charge is -2.21. The molecular formula is C79H150O17P2. The van der Waals surface area contributed by atoms with Crippen LogP contribution in [0.4, 0.5) is 0 Å². The van der Waals surface area contributed by atoms with E-state index in [-0.39, 0.29) is 25.7 Å². The molecule has 0 aromatic carbocycles. The van der Waals surface area contributed by atoms with E-state index >= 15 is 0 Å². The van der Waals surface area contributed by atoms with Crippen molar-refractivity contribution in [1.82, 2.24) is 0 Å². The van der Waals surface area contributed by atoms with Crippen molar-refractivity contribution in [1.29, 1.82) is 0 Å². The number of hydrogen-bond donors (Lipinski definition) is 3. The minimum Gasteiger partial charge on any atom is -0.462 e. The van der Waals surface area contributed by atoms with E-state index in [0.717, 1.165) is 121 Å². The number of esters is 4. The molecule has 4 unspecified atom stereocenters. The summed E-state index contributed by atoms with van der Waals surface area (Å²) in [6.07, 6.45) is 61.8. The number of aliphatic hydroxyl groups is 1. The molecule has 0 fully saturated rings. The summed E-state index contributed by atoms with van der Waals surface area (Å²) in [6, 6.07) is 0. The molecule has 0 saturated carbocycles. The highest BCUT2D eigenvalue weighted by atomic mass is 31.2. The van der Waals surface area contributed by atoms with Gasteiger partial charge in [0.25, 0.3) is 0 Å². The van der Waals surface area contributed by atoms with Crippen LogP contribution in [0.25, 0.3) is 0 Å². The van der Waals surface area contributed by atoms with Crippen LogP contribution in [0, 0.1) is 11.8 Å². The fraction of sp³-hybridized carbons (Fsp3) is 0.899. The zero-order valence-electron chi connectivity index (χ0n) is 63.6. The Hall–Kier alpha value is -2.46. The lowest BCUT2D eigenvalue weighted by Crippen LogP contribution is -2.30. The van der Waals surface area contributed by atoms with Gasteiger partial charge in [0, 0.05) is 25.7 Å². The van der Waals surface area contributed by atoms with Crippen LogP contribution in [0.3, 0.4) is 0 Å². The lowest BCUT2D eigenvalue weighted by atomic mass is 9.99. The quantitative estimate of drug-likeness (QED) is 0.0169. The zero-order valence-corrected chi connectivity index (χ0v) is 65.4. The van der Waals surface area contributed by atoms with Crippen LogP contribution < -0.4 is 0 Å². The molecule has 0 rings (SSSR count). The Morgan fingerprint density at radius 1 is 0.327 bits per heavy atom. The molecule has 0 radical (unpaired) electrons. The van der Waals surface area contributed by atoms with Gasteiger partial charge in [0.15, 0.2) is 12.2 Å². The summed E-state index contributed by atoms with van der Waals surface area (Å²) in [7, 11) is -9.92. The van der Waals surface area contributed by atoms with Crippen molar-refractivity contribution in [3.05, 3.63) is 24.3 Å². The highest BCUT2D eigenvalue weighted by molar-refractivity contribution is 7.47. The van der Waals surface area contributed by atoms with E-state index in [2.05, 4.69) is 65.8 Å². The fourth-order valence-electron chi connectivity index (χ4n) is 11.6. The molecule has 17 nitrogen and oxygen atoms in total. The maximum Gasteiger partial charge on any atom is 0.472 e. The molecule has 578 valence electrons. The van der Waals surface area contributed by atoms with Crippen molar-refractivity contribution in [2.24, 2.45) is 11.8 Å². The zero-order chi connectivity index (χ0) is 72.1. The van der Waals surface area contributed by atoms with Gasteiger partial charge in [-0.05, 0) is 63.2 Å². The fourth-order valence-corrected chi connectivity index (χ4v) is 13.2. The Morgan fingerprint density at radius 3 is 0.867 bits per heavy atom. The Bertz CT molecular complexity index is 1990. The average Bonchev–Trinajstić information content (AvgIpc) is 1.02. The van der Waals surface area contributed by atoms with Crippen molar-refractivity contribution in [3.63, 3.8) is 0 Å². The van der Waals surface area contributed by atoms with E-state index in [1.165, 1.54) is 186 Å². The molecule has 0 aliphatic carbocycles. The van der Waals surface area contributed by atoms with Crippen LogP contribution >= 0.6 is 15.6 Å². The predicted octanol–water partition coefficient (Wildman–Crippen LogP) is 23.1. The van der Waals surface area contributed by atoms with Gasteiger partial charge in [0.05, 0.1) is 26.4 Å². The number of carbonyl (C=O) groups is 4. The monoisotopic (exact) mass is 1430 g/mol. The van der Waals surface area contributed by atoms with E-state index in [1.54, 1.807) is 0 Å². The number of phosphoric ester groups is 2. The van der Waals surface area contributed by atoms with Gasteiger partial charge in [-0.15, -0.1) is 0 Å². The number of hydrogen-bond acceptors (Lipinski definition) is 15. The molecule has 0 aliphatic heterocycles. The summed E-state index contributed by atoms with van der Waals surface area (Å²) in [5, 5.41) is 10.6. The second-order valence-corrected chi connectivity index (χ2v) is 31.2. The third-order valence-electron chi connectivity index (χ3n) is 18.6. The normalized spacial score (nSPS) is 14.7. The van der Waals surface area contributed by atoms with Gasteiger partial charge in [-0.25, -0.2) is 9.13 Å². The summed E-state index contributed by atoms with van der Waals surface area (Å²) in [5.74, 6) is -0.508. The number of carbonyl (C=O) groups excluding carboxylic acids is 4. The molecule has 0 saturated heterocycles. The van der Waals surface area contributed by atoms with Crippen LogP contribution in [0.1, 0.15) is 388 Å². The summed E-state index contributed by atoms with van der Waals surface area (Å²) in [4.78, 5) is 72.8. The topological polar surface area (TPSA) is 237 Å². The van der Waals surface area contributed by atoms with Crippen LogP contribution in [0.5, 0.6) is 0 Å². The molecule has 98 heavy (non-hydrogen) atoms. The highest BCUT2D eigenvalue weighted by Gasteiger charge is 2.30. The molecule has 0 amide bonds. The maximum absolute atomic E-state index is 13.1. The SMILES string of the molecule is CCCCCC/C=C\C=C/CCCCCCCC(=O)OC[C@H](COP(=O)(O)OC[C@@H](O)COP(=O)(O)OC[C@@H](COC(=O)CCCCCCCCCCC)OC(=O)CCCCCCCCCCC(C)CC)OC(=O)CCCCCCCCCCCCCCCCCCCCC(C)CC. The predicted molar refractivity (Wildman–Crippen MR) is 400 cm³/mol. The standard InChI is InChI=1S/C79H150O17P2/c1-7-11-13-15-17-19-20-21-26-30-33-37-44-50-56-62-77(82)90-68-74(95-78(83)63-57-51-45-38-34-31-28-25-23-22-24-27-29-32-36-41-47-53-59-71(5)9-3)69-93-97(85,86)91-65-73(80)66-92-98(87,88)94-70-75(67-89-76(81)61-55-49-43-35-18-16-14-12-8-2)96-79(84)64-58-52-46-40-39-42-48-54-60-72(6)10-4/h19-21,26,71-75,80H,7-18,22-25,27-70H2,1-6H3,(H,85,86)(H,87,88)/b20-19-,26-21-/t71?,72?,73-,74-,75-/m1/s1. The van der Waals surface area contributed by atoms with Gasteiger partial charge in [-0.3, -0.25) is 37.3 Å². The summed E-state index contributed by atoms with van der Waals surface area (Å²) >= 11 is 0. The summed E-state index contributed by atoms with van der Waals surface area (Å²) in [5.41, 5.74) is 0. The van der Waals surface area contributed by atoms with Crippen LogP contribution in [-0.4, -0.2) is 96.7 Å². The van der Waals surface area contributed by atoms with Gasteiger partial charge < -0.3 is 33.8 Å². The van der Waals surface area contributed by atoms with Crippen LogP contribution in [0.2, 0.25) is 0 Å². The number of unbranched alkanes of at least 4 members (excludes halogenated alkanes) is 41. The number of allylic oxidation sites excluding steroid dienone is 4. The largest absolute Gasteiger partial charge is 0.472 e. The second kappa shape index (κ2) is 70.2. The van der Waals surface area contributed by atoms with Gasteiger partial charge in [-0.1, -0.05) is 336 Å². The maximum atomic E-state index is 13.1. The molecule has 0 bridgehead atoms. The molecule has 3 N–H and O–H groups in total. The smallest absolute Gasteiger partial charge is 0.462 e. The average molecular weight is 1430 g/mol. The summed E-state index contributed by atoms with van der Waals surface area (Å²) in [6.45, 7) is 9.59. The number of ether oxygens (including phenoxy) is 4. The van der Waals surface area contributed by atoms with E-state index in [9.17, 15) is 43.2 Å². The Kier molecular flexibility index (Phi) is 68.5. The van der Waals surface area contributed by atoms with Crippen molar-refractivity contribution in [3.8, 4) is 0 Å². The number of phosphoric acid groups is 2.